The number of piperidine rings is 1. The lowest BCUT2D eigenvalue weighted by molar-refractivity contribution is 0.117. The van der Waals surface area contributed by atoms with Gasteiger partial charge in [0.25, 0.3) is 0 Å². The van der Waals surface area contributed by atoms with Gasteiger partial charge in [-0.1, -0.05) is 13.8 Å². The number of hydrogen-bond acceptors (Lipinski definition) is 3. The third kappa shape index (κ3) is 4.40. The van der Waals surface area contributed by atoms with Crippen molar-refractivity contribution in [1.82, 2.24) is 10.2 Å². The van der Waals surface area contributed by atoms with Gasteiger partial charge in [-0.2, -0.15) is 0 Å². The number of hydrogen-bond donors (Lipinski definition) is 1. The first-order valence-corrected chi connectivity index (χ1v) is 6.50. The van der Waals surface area contributed by atoms with Crippen molar-refractivity contribution in [2.75, 3.05) is 40.4 Å². The van der Waals surface area contributed by atoms with Crippen molar-refractivity contribution in [2.24, 2.45) is 5.41 Å². The van der Waals surface area contributed by atoms with E-state index in [4.69, 9.17) is 4.74 Å². The van der Waals surface area contributed by atoms with E-state index in [1.807, 2.05) is 0 Å². The number of likely N-dealkylation sites (tertiary alicyclic amines) is 1. The Balaban J connectivity index is 2.29. The Morgan fingerprint density at radius 2 is 2.00 bits per heavy atom. The first-order chi connectivity index (χ1) is 7.59. The Bertz CT molecular complexity index is 188. The smallest absolute Gasteiger partial charge is 0.0615 e. The SMILES string of the molecule is CCC(COC)NCC1(C)CCN(C)CC1. The molecule has 96 valence electrons. The summed E-state index contributed by atoms with van der Waals surface area (Å²) in [6.07, 6.45) is 3.75. The molecule has 1 atom stereocenters. The molecule has 1 fully saturated rings. The molecule has 16 heavy (non-hydrogen) atoms. The summed E-state index contributed by atoms with van der Waals surface area (Å²) in [6.45, 7) is 9.05. The lowest BCUT2D eigenvalue weighted by atomic mass is 9.80. The number of rotatable bonds is 6. The fourth-order valence-corrected chi connectivity index (χ4v) is 2.25. The van der Waals surface area contributed by atoms with Crippen molar-refractivity contribution < 1.29 is 4.74 Å². The molecule has 0 amide bonds. The van der Waals surface area contributed by atoms with Crippen LogP contribution in [0, 0.1) is 5.41 Å². The summed E-state index contributed by atoms with van der Waals surface area (Å²) in [5.41, 5.74) is 0.480. The van der Waals surface area contributed by atoms with Gasteiger partial charge in [0, 0.05) is 19.7 Å². The second-order valence-electron chi connectivity index (χ2n) is 5.56. The summed E-state index contributed by atoms with van der Waals surface area (Å²) < 4.78 is 5.21. The number of nitrogens with zero attached hydrogens (tertiary/aromatic N) is 1. The van der Waals surface area contributed by atoms with Gasteiger partial charge in [0.1, 0.15) is 0 Å². The monoisotopic (exact) mass is 228 g/mol. The van der Waals surface area contributed by atoms with Crippen LogP contribution >= 0.6 is 0 Å². The van der Waals surface area contributed by atoms with E-state index in [0.717, 1.165) is 19.6 Å². The summed E-state index contributed by atoms with van der Waals surface area (Å²) >= 11 is 0. The third-order valence-electron chi connectivity index (χ3n) is 3.87. The van der Waals surface area contributed by atoms with E-state index in [1.54, 1.807) is 7.11 Å². The van der Waals surface area contributed by atoms with Crippen molar-refractivity contribution in [2.45, 2.75) is 39.2 Å². The molecule has 1 unspecified atom stereocenters. The average molecular weight is 228 g/mol. The second-order valence-corrected chi connectivity index (χ2v) is 5.56. The van der Waals surface area contributed by atoms with E-state index in [1.165, 1.54) is 25.9 Å². The van der Waals surface area contributed by atoms with Gasteiger partial charge in [-0.3, -0.25) is 0 Å². The quantitative estimate of drug-likeness (QED) is 0.749. The summed E-state index contributed by atoms with van der Waals surface area (Å²) in [4.78, 5) is 2.42. The van der Waals surface area contributed by atoms with Gasteiger partial charge in [-0.15, -0.1) is 0 Å². The highest BCUT2D eigenvalue weighted by atomic mass is 16.5. The van der Waals surface area contributed by atoms with Gasteiger partial charge in [-0.05, 0) is 44.8 Å². The number of ether oxygens (including phenoxy) is 1. The Morgan fingerprint density at radius 3 is 2.50 bits per heavy atom. The van der Waals surface area contributed by atoms with Crippen molar-refractivity contribution in [3.05, 3.63) is 0 Å². The van der Waals surface area contributed by atoms with E-state index in [0.29, 0.717) is 11.5 Å². The van der Waals surface area contributed by atoms with Gasteiger partial charge >= 0.3 is 0 Å². The highest BCUT2D eigenvalue weighted by molar-refractivity contribution is 4.84. The molecule has 0 aliphatic carbocycles. The van der Waals surface area contributed by atoms with E-state index in [2.05, 4.69) is 31.1 Å². The Hall–Kier alpha value is -0.120. The van der Waals surface area contributed by atoms with Gasteiger partial charge in [0.15, 0.2) is 0 Å². The zero-order chi connectivity index (χ0) is 12.0. The van der Waals surface area contributed by atoms with Crippen molar-refractivity contribution in [3.8, 4) is 0 Å². The molecule has 1 N–H and O–H groups in total. The lowest BCUT2D eigenvalue weighted by Gasteiger charge is -2.39. The molecule has 3 nitrogen and oxygen atoms in total. The maximum Gasteiger partial charge on any atom is 0.0615 e. The summed E-state index contributed by atoms with van der Waals surface area (Å²) in [5, 5.41) is 3.65. The largest absolute Gasteiger partial charge is 0.383 e. The molecule has 1 saturated heterocycles. The molecule has 1 heterocycles. The van der Waals surface area contributed by atoms with Crippen LogP contribution in [0.25, 0.3) is 0 Å². The van der Waals surface area contributed by atoms with Crippen molar-refractivity contribution in [3.63, 3.8) is 0 Å². The molecule has 0 aromatic rings. The molecular weight excluding hydrogens is 200 g/mol. The first kappa shape index (κ1) is 13.9. The molecule has 0 bridgehead atoms. The topological polar surface area (TPSA) is 24.5 Å². The van der Waals surface area contributed by atoms with Crippen LogP contribution in [0.15, 0.2) is 0 Å². The Kier molecular flexibility index (Phi) is 5.73. The van der Waals surface area contributed by atoms with Gasteiger partial charge in [0.05, 0.1) is 6.61 Å². The standard InChI is InChI=1S/C13H28N2O/c1-5-12(10-16-4)14-11-13(2)6-8-15(3)9-7-13/h12,14H,5-11H2,1-4H3. The van der Waals surface area contributed by atoms with Gasteiger partial charge in [-0.25, -0.2) is 0 Å². The van der Waals surface area contributed by atoms with Crippen LogP contribution in [0.4, 0.5) is 0 Å². The summed E-state index contributed by atoms with van der Waals surface area (Å²) in [5.74, 6) is 0. The average Bonchev–Trinajstić information content (AvgIpc) is 2.29. The molecule has 0 saturated carbocycles. The van der Waals surface area contributed by atoms with E-state index in [9.17, 15) is 0 Å². The fourth-order valence-electron chi connectivity index (χ4n) is 2.25. The summed E-state index contributed by atoms with van der Waals surface area (Å²) in [7, 11) is 3.99. The van der Waals surface area contributed by atoms with E-state index >= 15 is 0 Å². The highest BCUT2D eigenvalue weighted by Gasteiger charge is 2.28. The first-order valence-electron chi connectivity index (χ1n) is 6.50. The molecule has 1 aliphatic heterocycles. The van der Waals surface area contributed by atoms with Gasteiger partial charge < -0.3 is 15.0 Å². The normalized spacial score (nSPS) is 23.2. The lowest BCUT2D eigenvalue weighted by Crippen LogP contribution is -2.45. The Morgan fingerprint density at radius 1 is 1.38 bits per heavy atom. The van der Waals surface area contributed by atoms with Crippen LogP contribution in [-0.2, 0) is 4.74 Å². The molecule has 3 heteroatoms. The zero-order valence-electron chi connectivity index (χ0n) is 11.4. The third-order valence-corrected chi connectivity index (χ3v) is 3.87. The maximum atomic E-state index is 5.21. The molecule has 0 aromatic carbocycles. The minimum Gasteiger partial charge on any atom is -0.383 e. The van der Waals surface area contributed by atoms with Crippen molar-refractivity contribution in [1.29, 1.82) is 0 Å². The Labute approximate surface area is 101 Å². The van der Waals surface area contributed by atoms with Crippen LogP contribution < -0.4 is 5.32 Å². The number of nitrogens with one attached hydrogen (secondary N) is 1. The zero-order valence-corrected chi connectivity index (χ0v) is 11.4. The minimum absolute atomic E-state index is 0.480. The van der Waals surface area contributed by atoms with Crippen LogP contribution in [0.2, 0.25) is 0 Å². The number of methoxy groups -OCH3 is 1. The maximum absolute atomic E-state index is 5.21. The van der Waals surface area contributed by atoms with Crippen LogP contribution in [0.5, 0.6) is 0 Å². The van der Waals surface area contributed by atoms with Crippen LogP contribution in [0.3, 0.4) is 0 Å². The molecule has 1 aliphatic rings. The second kappa shape index (κ2) is 6.58. The van der Waals surface area contributed by atoms with Crippen LogP contribution in [-0.4, -0.2) is 51.3 Å². The molecule has 1 rings (SSSR count). The van der Waals surface area contributed by atoms with E-state index < -0.39 is 0 Å². The fraction of sp³-hybridized carbons (Fsp3) is 1.00. The predicted molar refractivity (Wildman–Crippen MR) is 68.8 cm³/mol. The highest BCUT2D eigenvalue weighted by Crippen LogP contribution is 2.29. The summed E-state index contributed by atoms with van der Waals surface area (Å²) in [6, 6.07) is 0.515. The predicted octanol–water partition coefficient (Wildman–Crippen LogP) is 1.73. The minimum atomic E-state index is 0.480. The molecule has 0 spiro atoms. The molecule has 0 radical (unpaired) electrons. The van der Waals surface area contributed by atoms with Gasteiger partial charge in [0.2, 0.25) is 0 Å². The van der Waals surface area contributed by atoms with Crippen molar-refractivity contribution >= 4 is 0 Å². The van der Waals surface area contributed by atoms with E-state index in [-0.39, 0.29) is 0 Å². The van der Waals surface area contributed by atoms with Crippen LogP contribution in [0.1, 0.15) is 33.1 Å². The molecule has 0 aromatic heterocycles. The molecular formula is C13H28N2O.